The van der Waals surface area contributed by atoms with Crippen LogP contribution in [-0.4, -0.2) is 14.8 Å². The summed E-state index contributed by atoms with van der Waals surface area (Å²) in [5.74, 6) is 0. The zero-order valence-electron chi connectivity index (χ0n) is 59.5. The molecule has 0 spiro atoms. The molecule has 0 amide bonds. The molecule has 0 heterocycles. The van der Waals surface area contributed by atoms with Crippen LogP contribution in [0.15, 0.2) is 313 Å². The van der Waals surface area contributed by atoms with Gasteiger partial charge < -0.3 is 5.73 Å². The molecule has 11 aromatic rings. The van der Waals surface area contributed by atoms with Crippen molar-refractivity contribution in [2.45, 2.75) is 96.9 Å². The molecule has 0 aliphatic rings. The normalized spacial score (nSPS) is 10.4. The third-order valence-electron chi connectivity index (χ3n) is 13.5. The number of azo groups is 5. The van der Waals surface area contributed by atoms with E-state index in [0.29, 0.717) is 0 Å². The number of hydrogen-bond acceptors (Lipinski definition) is 13. The van der Waals surface area contributed by atoms with E-state index >= 15 is 0 Å². The molecule has 0 aromatic heterocycles. The fraction of sp³-hybridized carbons (Fsp3) is 0.185. The number of alkyl halides is 1. The second-order valence-electron chi connectivity index (χ2n) is 22.0. The maximum atomic E-state index is 9.96. The number of anilines is 1. The van der Waals surface area contributed by atoms with E-state index < -0.39 is 7.15 Å². The molecule has 12 nitrogen and oxygen atoms in total. The van der Waals surface area contributed by atoms with Gasteiger partial charge in [-0.2, -0.15) is 51.1 Å². The number of hydrogen-bond donors (Lipinski definition) is 2. The van der Waals surface area contributed by atoms with Gasteiger partial charge in [0, 0.05) is 14.6 Å². The van der Waals surface area contributed by atoms with Crippen LogP contribution in [0.2, 0.25) is 0 Å². The molecule has 0 bridgehead atoms. The Hall–Kier alpha value is -9.68. The minimum absolute atomic E-state index is 0.829. The first-order chi connectivity index (χ1) is 47.5. The Kier molecular flexibility index (Phi) is 39.0. The zero-order valence-corrected chi connectivity index (χ0v) is 62.6. The van der Waals surface area contributed by atoms with E-state index in [2.05, 4.69) is 176 Å². The van der Waals surface area contributed by atoms with Gasteiger partial charge in [0.2, 0.25) is 0 Å². The van der Waals surface area contributed by atoms with E-state index in [1.165, 1.54) is 66.8 Å². The predicted molar refractivity (Wildman–Crippen MR) is 424 cm³/mol. The van der Waals surface area contributed by atoms with Crippen LogP contribution < -0.4 is 5.73 Å². The molecule has 0 atom stereocenters. The van der Waals surface area contributed by atoms with Crippen LogP contribution >= 0.6 is 44.7 Å². The van der Waals surface area contributed by atoms with Crippen LogP contribution in [0.3, 0.4) is 0 Å². The number of halogens is 3. The Morgan fingerprint density at radius 1 is 0.286 bits per heavy atom. The van der Waals surface area contributed by atoms with Crippen molar-refractivity contribution in [1.29, 1.82) is 0 Å². The molecule has 0 saturated carbocycles. The van der Waals surface area contributed by atoms with Gasteiger partial charge in [-0.05, 0) is 239 Å². The van der Waals surface area contributed by atoms with Crippen molar-refractivity contribution < 1.29 is 5.76 Å². The summed E-state index contributed by atoms with van der Waals surface area (Å²) in [5, 5.41) is 41.9. The first-order valence-corrected chi connectivity index (χ1v) is 33.4. The van der Waals surface area contributed by atoms with Crippen LogP contribution in [0.25, 0.3) is 0 Å². The number of aryl methyl sites for hydroxylation is 12. The molecule has 0 fully saturated rings. The molecule has 11 rings (SSSR count). The standard InChI is InChI=1S/C15H16N2.2C14H13BrN2.2C14H14N2.C7H9N.C2H6.CH3F.BHNS/c1-11-4-7-14(8-5-11)16-17-15-9-6-12(2)13(3)10-15;2*1-10-3-6-12(7-4-10)16-17-13-8-5-11(2)14(15)9-13;2*1-11-3-7-13(8-4-11)15-16-14-9-5-12(2)6-10-14;1-6-2-4-7(8)5-3-6;2*1-2;1-2-3/h4-10H,1-3H3;2*3-9H,1-2H3;2*3-10H,1-2H3;2-5H,8H2,1H3;1-2H3;1H3;3H/i;;;;;;;1D;. The Balaban J connectivity index is 0.000000305. The molecule has 2 N–H and O–H groups in total. The molecular weight excluding hydrogens is 1360 g/mol. The molecule has 0 unspecified atom stereocenters. The van der Waals surface area contributed by atoms with Crippen LogP contribution in [0.4, 0.5) is 67.0 Å². The van der Waals surface area contributed by atoms with Crippen LogP contribution in [0.1, 0.15) is 82.0 Å². The summed E-state index contributed by atoms with van der Waals surface area (Å²) in [6, 6.07) is 81.7. The Morgan fingerprint density at radius 2 is 0.439 bits per heavy atom. The van der Waals surface area contributed by atoms with Crippen molar-refractivity contribution in [2.24, 2.45) is 55.4 Å². The fourth-order valence-electron chi connectivity index (χ4n) is 7.50. The van der Waals surface area contributed by atoms with E-state index in [4.69, 9.17) is 7.10 Å². The zero-order chi connectivity index (χ0) is 72.9. The van der Waals surface area contributed by atoms with Gasteiger partial charge in [-0.3, -0.25) is 4.39 Å². The van der Waals surface area contributed by atoms with Crippen molar-refractivity contribution in [2.75, 3.05) is 12.9 Å². The van der Waals surface area contributed by atoms with E-state index in [0.717, 1.165) is 71.5 Å². The third-order valence-corrected chi connectivity index (χ3v) is 15.2. The first-order valence-electron chi connectivity index (χ1n) is 32.1. The van der Waals surface area contributed by atoms with Crippen molar-refractivity contribution in [3.05, 3.63) is 324 Å². The number of thiol groups is 1. The third kappa shape index (κ3) is 34.8. The summed E-state index contributed by atoms with van der Waals surface area (Å²) >= 11 is 10.2. The van der Waals surface area contributed by atoms with E-state index in [9.17, 15) is 4.39 Å². The molecule has 503 valence electrons. The van der Waals surface area contributed by atoms with Crippen molar-refractivity contribution in [3.8, 4) is 0 Å². The molecule has 0 aliphatic heterocycles. The van der Waals surface area contributed by atoms with Gasteiger partial charge in [-0.15, -0.1) is 0 Å². The van der Waals surface area contributed by atoms with Gasteiger partial charge in [-0.25, -0.2) is 0 Å². The summed E-state index contributed by atoms with van der Waals surface area (Å²) in [5.41, 5.74) is 29.8. The number of nitrogens with zero attached hydrogens (tertiary/aromatic N) is 11. The second kappa shape index (κ2) is 47.3. The number of nitrogen functional groups attached to an aromatic ring is 1. The van der Waals surface area contributed by atoms with Crippen LogP contribution in [0.5, 0.6) is 0 Å². The van der Waals surface area contributed by atoms with Gasteiger partial charge >= 0.3 is 24.8 Å². The van der Waals surface area contributed by atoms with Gasteiger partial charge in [0.15, 0.2) is 0 Å². The predicted octanol–water partition coefficient (Wildman–Crippen LogP) is 28.8. The van der Waals surface area contributed by atoms with E-state index in [-0.39, 0.29) is 0 Å². The summed E-state index contributed by atoms with van der Waals surface area (Å²) in [6.07, 6.45) is 0. The molecule has 11 aromatic carbocycles. The van der Waals surface area contributed by atoms with Gasteiger partial charge in [0.25, 0.3) is 0 Å². The van der Waals surface area contributed by atoms with Crippen molar-refractivity contribution >= 4 is 115 Å². The summed E-state index contributed by atoms with van der Waals surface area (Å²) < 4.78 is 20.3. The molecule has 0 saturated heterocycles. The van der Waals surface area contributed by atoms with Crippen LogP contribution in [0, 0.1) is 83.1 Å². The fourth-order valence-corrected chi connectivity index (χ4v) is 8.23. The average molecular weight is 1450 g/mol. The van der Waals surface area contributed by atoms with E-state index in [1.807, 2.05) is 277 Å². The van der Waals surface area contributed by atoms with Crippen molar-refractivity contribution in [1.82, 2.24) is 0 Å². The molecule has 0 aliphatic carbocycles. The average Bonchev–Trinajstić information content (AvgIpc) is 0.950. The number of nitrogens with two attached hydrogens (primary N) is 1. The molecule has 1 radical (unpaired) electrons. The number of benzene rings is 11. The monoisotopic (exact) mass is 1450 g/mol. The number of rotatable bonds is 10. The second-order valence-corrected chi connectivity index (χ2v) is 24.0. The SMILES string of the molecule is CC.Cc1ccc(N)cc1.Cc1ccc(N=Nc2ccc(C)c(Br)c2)cc1.Cc1ccc(N=Nc2ccc(C)c(Br)c2)cc1.Cc1ccc(N=Nc2ccc(C)c(C)c2)cc1.Cc1ccc(N=Nc2ccc(C)cc2)cc1.Cc1ccc(N=Nc2ccc(C)cc2)cc1.[2H]CF.[B]=NS. The Morgan fingerprint density at radius 3 is 0.612 bits per heavy atom. The molecule has 98 heavy (non-hydrogen) atoms. The van der Waals surface area contributed by atoms with Crippen molar-refractivity contribution in [3.63, 3.8) is 0 Å². The van der Waals surface area contributed by atoms with Gasteiger partial charge in [-0.1, -0.05) is 205 Å². The summed E-state index contributed by atoms with van der Waals surface area (Å²) in [7, 11) is 3.34. The summed E-state index contributed by atoms with van der Waals surface area (Å²) in [6.45, 7) is 28.7. The first kappa shape index (κ1) is 80.8. The maximum absolute atomic E-state index is 9.96. The molecule has 17 heteroatoms. The summed E-state index contributed by atoms with van der Waals surface area (Å²) in [4.78, 5) is 0. The van der Waals surface area contributed by atoms with Crippen LogP contribution in [-0.2, 0) is 0 Å². The molecular formula is C81H89BBr2FN12S. The topological polar surface area (TPSA) is 162 Å². The van der Waals surface area contributed by atoms with Gasteiger partial charge in [0.05, 0.1) is 65.4 Å². The quantitative estimate of drug-likeness (QED) is 0.0593. The van der Waals surface area contributed by atoms with Gasteiger partial charge in [0.1, 0.15) is 0 Å². The minimum atomic E-state index is -1.00. The van der Waals surface area contributed by atoms with E-state index in [1.54, 1.807) is 0 Å². The Bertz CT molecular complexity index is 3800. The Labute approximate surface area is 606 Å².